The monoisotopic (exact) mass is 194 g/mol. The van der Waals surface area contributed by atoms with Crippen LogP contribution in [0.15, 0.2) is 30.3 Å². The van der Waals surface area contributed by atoms with Gasteiger partial charge in [-0.3, -0.25) is 0 Å². The van der Waals surface area contributed by atoms with Crippen molar-refractivity contribution in [3.63, 3.8) is 0 Å². The molecule has 0 saturated heterocycles. The quantitative estimate of drug-likeness (QED) is 0.777. The molecular formula is C12H18O2. The first-order chi connectivity index (χ1) is 6.79. The zero-order chi connectivity index (χ0) is 10.4. The number of ether oxygens (including phenoxy) is 1. The second kappa shape index (κ2) is 5.78. The molecule has 0 aliphatic rings. The molecule has 2 atom stereocenters. The largest absolute Gasteiger partial charge is 0.396 e. The van der Waals surface area contributed by atoms with E-state index in [2.05, 4.69) is 6.92 Å². The number of aliphatic hydroxyl groups excluding tert-OH is 1. The van der Waals surface area contributed by atoms with Crippen molar-refractivity contribution in [2.45, 2.75) is 12.8 Å². The van der Waals surface area contributed by atoms with E-state index in [1.165, 1.54) is 5.56 Å². The van der Waals surface area contributed by atoms with Gasteiger partial charge >= 0.3 is 0 Å². The number of hydrogen-bond acceptors (Lipinski definition) is 2. The molecular weight excluding hydrogens is 176 g/mol. The van der Waals surface area contributed by atoms with Crippen LogP contribution in [0.2, 0.25) is 0 Å². The van der Waals surface area contributed by atoms with Crippen molar-refractivity contribution in [2.75, 3.05) is 20.3 Å². The van der Waals surface area contributed by atoms with Crippen LogP contribution in [0.3, 0.4) is 0 Å². The first-order valence-corrected chi connectivity index (χ1v) is 4.94. The van der Waals surface area contributed by atoms with Gasteiger partial charge in [-0.25, -0.2) is 0 Å². The second-order valence-corrected chi connectivity index (χ2v) is 3.63. The lowest BCUT2D eigenvalue weighted by atomic mass is 9.88. The summed E-state index contributed by atoms with van der Waals surface area (Å²) < 4.78 is 5.10. The molecule has 0 saturated carbocycles. The first-order valence-electron chi connectivity index (χ1n) is 4.94. The Bertz CT molecular complexity index is 246. The van der Waals surface area contributed by atoms with Gasteiger partial charge in [0.2, 0.25) is 0 Å². The summed E-state index contributed by atoms with van der Waals surface area (Å²) in [6.07, 6.45) is 0. The van der Waals surface area contributed by atoms with E-state index < -0.39 is 0 Å². The van der Waals surface area contributed by atoms with Gasteiger partial charge in [0.05, 0.1) is 6.61 Å². The third-order valence-corrected chi connectivity index (χ3v) is 2.54. The molecule has 2 nitrogen and oxygen atoms in total. The highest BCUT2D eigenvalue weighted by Crippen LogP contribution is 2.23. The molecule has 0 bridgehead atoms. The van der Waals surface area contributed by atoms with E-state index in [0.717, 1.165) is 0 Å². The van der Waals surface area contributed by atoms with E-state index in [0.29, 0.717) is 12.5 Å². The summed E-state index contributed by atoms with van der Waals surface area (Å²) in [4.78, 5) is 0. The van der Waals surface area contributed by atoms with Crippen LogP contribution < -0.4 is 0 Å². The van der Waals surface area contributed by atoms with Crippen molar-refractivity contribution in [3.8, 4) is 0 Å². The lowest BCUT2D eigenvalue weighted by molar-refractivity contribution is 0.126. The predicted molar refractivity (Wildman–Crippen MR) is 57.3 cm³/mol. The van der Waals surface area contributed by atoms with Gasteiger partial charge in [-0.05, 0) is 11.5 Å². The molecule has 0 aliphatic heterocycles. The average Bonchev–Trinajstić information content (AvgIpc) is 2.21. The highest BCUT2D eigenvalue weighted by molar-refractivity contribution is 5.20. The van der Waals surface area contributed by atoms with E-state index in [1.807, 2.05) is 30.3 Å². The number of hydrogen-bond donors (Lipinski definition) is 1. The Morgan fingerprint density at radius 2 is 1.93 bits per heavy atom. The van der Waals surface area contributed by atoms with Gasteiger partial charge < -0.3 is 9.84 Å². The Morgan fingerprint density at radius 1 is 1.29 bits per heavy atom. The summed E-state index contributed by atoms with van der Waals surface area (Å²) >= 11 is 0. The molecule has 2 unspecified atom stereocenters. The van der Waals surface area contributed by atoms with Crippen LogP contribution in [0.5, 0.6) is 0 Å². The SMILES string of the molecule is COCC(C)C(CO)c1ccccc1. The Balaban J connectivity index is 2.71. The fourth-order valence-electron chi connectivity index (χ4n) is 1.69. The summed E-state index contributed by atoms with van der Waals surface area (Å²) in [5.41, 5.74) is 1.18. The second-order valence-electron chi connectivity index (χ2n) is 3.63. The molecule has 0 spiro atoms. The summed E-state index contributed by atoms with van der Waals surface area (Å²) in [6, 6.07) is 10.1. The Morgan fingerprint density at radius 3 is 2.43 bits per heavy atom. The minimum atomic E-state index is 0.175. The van der Waals surface area contributed by atoms with Crippen molar-refractivity contribution in [1.29, 1.82) is 0 Å². The minimum absolute atomic E-state index is 0.175. The fraction of sp³-hybridized carbons (Fsp3) is 0.500. The normalized spacial score (nSPS) is 15.1. The summed E-state index contributed by atoms with van der Waals surface area (Å²) in [7, 11) is 1.69. The topological polar surface area (TPSA) is 29.5 Å². The zero-order valence-electron chi connectivity index (χ0n) is 8.81. The highest BCUT2D eigenvalue weighted by atomic mass is 16.5. The van der Waals surface area contributed by atoms with Gasteiger partial charge in [0, 0.05) is 19.6 Å². The van der Waals surface area contributed by atoms with E-state index in [4.69, 9.17) is 4.74 Å². The number of rotatable bonds is 5. The smallest absolute Gasteiger partial charge is 0.0503 e. The van der Waals surface area contributed by atoms with Crippen LogP contribution >= 0.6 is 0 Å². The van der Waals surface area contributed by atoms with Crippen molar-refractivity contribution in [2.24, 2.45) is 5.92 Å². The van der Waals surface area contributed by atoms with Crippen molar-refractivity contribution in [1.82, 2.24) is 0 Å². The van der Waals surface area contributed by atoms with Crippen LogP contribution in [0, 0.1) is 5.92 Å². The summed E-state index contributed by atoms with van der Waals surface area (Å²) in [5.74, 6) is 0.517. The maximum atomic E-state index is 9.32. The van der Waals surface area contributed by atoms with Crippen molar-refractivity contribution >= 4 is 0 Å². The third-order valence-electron chi connectivity index (χ3n) is 2.54. The lowest BCUT2D eigenvalue weighted by Crippen LogP contribution is -2.18. The molecule has 0 heterocycles. The maximum Gasteiger partial charge on any atom is 0.0503 e. The minimum Gasteiger partial charge on any atom is -0.396 e. The van der Waals surface area contributed by atoms with Crippen LogP contribution in [0.25, 0.3) is 0 Å². The van der Waals surface area contributed by atoms with E-state index in [-0.39, 0.29) is 12.5 Å². The predicted octanol–water partition coefficient (Wildman–Crippen LogP) is 2.04. The van der Waals surface area contributed by atoms with Crippen molar-refractivity contribution in [3.05, 3.63) is 35.9 Å². The maximum absolute atomic E-state index is 9.32. The Labute approximate surface area is 85.5 Å². The molecule has 1 aromatic carbocycles. The van der Waals surface area contributed by atoms with Gasteiger partial charge in [-0.2, -0.15) is 0 Å². The van der Waals surface area contributed by atoms with Gasteiger partial charge in [0.15, 0.2) is 0 Å². The summed E-state index contributed by atoms with van der Waals surface area (Å²) in [5, 5.41) is 9.32. The number of aliphatic hydroxyl groups is 1. The van der Waals surface area contributed by atoms with Gasteiger partial charge in [-0.15, -0.1) is 0 Å². The first kappa shape index (κ1) is 11.2. The molecule has 1 aromatic rings. The van der Waals surface area contributed by atoms with Crippen LogP contribution in [0.4, 0.5) is 0 Å². The molecule has 1 N–H and O–H groups in total. The average molecular weight is 194 g/mol. The number of methoxy groups -OCH3 is 1. The van der Waals surface area contributed by atoms with Gasteiger partial charge in [0.1, 0.15) is 0 Å². The van der Waals surface area contributed by atoms with E-state index in [9.17, 15) is 5.11 Å². The molecule has 78 valence electrons. The third kappa shape index (κ3) is 2.82. The molecule has 0 aromatic heterocycles. The van der Waals surface area contributed by atoms with Crippen LogP contribution in [-0.4, -0.2) is 25.4 Å². The Kier molecular flexibility index (Phi) is 4.63. The number of benzene rings is 1. The molecule has 2 heteroatoms. The van der Waals surface area contributed by atoms with Crippen molar-refractivity contribution < 1.29 is 9.84 Å². The molecule has 0 amide bonds. The summed E-state index contributed by atoms with van der Waals surface area (Å²) in [6.45, 7) is 2.95. The molecule has 0 radical (unpaired) electrons. The standard InChI is InChI=1S/C12H18O2/c1-10(9-14-2)12(8-13)11-6-4-3-5-7-11/h3-7,10,12-13H,8-9H2,1-2H3. The fourth-order valence-corrected chi connectivity index (χ4v) is 1.69. The zero-order valence-corrected chi connectivity index (χ0v) is 8.81. The van der Waals surface area contributed by atoms with Gasteiger partial charge in [0.25, 0.3) is 0 Å². The molecule has 0 aliphatic carbocycles. The van der Waals surface area contributed by atoms with Crippen LogP contribution in [-0.2, 0) is 4.74 Å². The van der Waals surface area contributed by atoms with Gasteiger partial charge in [-0.1, -0.05) is 37.3 Å². The molecule has 0 fully saturated rings. The molecule has 1 rings (SSSR count). The lowest BCUT2D eigenvalue weighted by Gasteiger charge is -2.21. The van der Waals surface area contributed by atoms with E-state index >= 15 is 0 Å². The molecule has 14 heavy (non-hydrogen) atoms. The Hall–Kier alpha value is -0.860. The highest BCUT2D eigenvalue weighted by Gasteiger charge is 2.17. The van der Waals surface area contributed by atoms with E-state index in [1.54, 1.807) is 7.11 Å². The van der Waals surface area contributed by atoms with Crippen LogP contribution in [0.1, 0.15) is 18.4 Å².